The van der Waals surface area contributed by atoms with E-state index in [0.29, 0.717) is 0 Å². The van der Waals surface area contributed by atoms with Crippen LogP contribution in [-0.4, -0.2) is 16.6 Å². The van der Waals surface area contributed by atoms with Crippen molar-refractivity contribution in [3.05, 3.63) is 42.4 Å². The molecule has 0 radical (unpaired) electrons. The first kappa shape index (κ1) is 24.7. The molecule has 0 amide bonds. The summed E-state index contributed by atoms with van der Waals surface area (Å²) in [6.07, 6.45) is 22.1. The number of ether oxygens (including phenoxy) is 1. The molecule has 0 N–H and O–H groups in total. The summed E-state index contributed by atoms with van der Waals surface area (Å²) in [6, 6.07) is 8.40. The van der Waals surface area contributed by atoms with Crippen LogP contribution in [0.4, 0.5) is 0 Å². The molecule has 176 valence electrons. The van der Waals surface area contributed by atoms with E-state index in [1.807, 2.05) is 6.20 Å². The number of benzene rings is 1. The second kappa shape index (κ2) is 14.3. The van der Waals surface area contributed by atoms with Gasteiger partial charge in [-0.2, -0.15) is 0 Å². The van der Waals surface area contributed by atoms with Gasteiger partial charge >= 0.3 is 0 Å². The Balaban J connectivity index is 1.54. The van der Waals surface area contributed by atoms with Crippen LogP contribution in [0.15, 0.2) is 36.8 Å². The van der Waals surface area contributed by atoms with Crippen molar-refractivity contribution in [3.8, 4) is 17.0 Å². The molecule has 0 aliphatic heterocycles. The Morgan fingerprint density at radius 1 is 0.875 bits per heavy atom. The van der Waals surface area contributed by atoms with Gasteiger partial charge < -0.3 is 4.74 Å². The molecular formula is C29H44N2O. The van der Waals surface area contributed by atoms with Gasteiger partial charge in [0.25, 0.3) is 0 Å². The van der Waals surface area contributed by atoms with E-state index in [1.165, 1.54) is 82.6 Å². The summed E-state index contributed by atoms with van der Waals surface area (Å²) in [5.74, 6) is 2.78. The third kappa shape index (κ3) is 7.90. The zero-order chi connectivity index (χ0) is 22.4. The van der Waals surface area contributed by atoms with E-state index in [-0.39, 0.29) is 0 Å². The number of unbranched alkanes of at least 4 members (excludes halogenated alkanes) is 6. The molecule has 0 unspecified atom stereocenters. The van der Waals surface area contributed by atoms with Crippen LogP contribution in [0.25, 0.3) is 11.3 Å². The molecule has 3 heteroatoms. The Morgan fingerprint density at radius 2 is 1.59 bits per heavy atom. The van der Waals surface area contributed by atoms with Crippen LogP contribution < -0.4 is 4.74 Å². The minimum absolute atomic E-state index is 0.784. The largest absolute Gasteiger partial charge is 0.493 e. The smallest absolute Gasteiger partial charge is 0.128 e. The van der Waals surface area contributed by atoms with Gasteiger partial charge in [0, 0.05) is 11.8 Å². The van der Waals surface area contributed by atoms with Gasteiger partial charge in [-0.05, 0) is 48.8 Å². The fraction of sp³-hybridized carbons (Fsp3) is 0.655. The molecule has 0 bridgehead atoms. The topological polar surface area (TPSA) is 35.0 Å². The molecule has 1 aliphatic carbocycles. The standard InChI is InChI=1S/C29H44N2O/c1-3-5-6-7-8-9-12-21-32-28-14-11-10-13-27(28)29-26(22-30-23-31-29)20-19-25-17-15-24(4-2)16-18-25/h10-11,13-14,22-25H,3-9,12,15-21H2,1-2H3. The highest BCUT2D eigenvalue weighted by Crippen LogP contribution is 2.35. The zero-order valence-electron chi connectivity index (χ0n) is 20.5. The fourth-order valence-electron chi connectivity index (χ4n) is 5.10. The van der Waals surface area contributed by atoms with Crippen LogP contribution in [0.3, 0.4) is 0 Å². The number of aryl methyl sites for hydroxylation is 1. The highest BCUT2D eigenvalue weighted by molar-refractivity contribution is 5.69. The summed E-state index contributed by atoms with van der Waals surface area (Å²) in [7, 11) is 0. The number of nitrogens with zero attached hydrogens (tertiary/aromatic N) is 2. The highest BCUT2D eigenvalue weighted by Gasteiger charge is 2.21. The fourth-order valence-corrected chi connectivity index (χ4v) is 5.10. The molecule has 32 heavy (non-hydrogen) atoms. The molecule has 1 aliphatic rings. The van der Waals surface area contributed by atoms with Gasteiger partial charge in [0.05, 0.1) is 12.3 Å². The maximum atomic E-state index is 6.23. The van der Waals surface area contributed by atoms with E-state index in [9.17, 15) is 0 Å². The molecule has 0 atom stereocenters. The number of aromatic nitrogens is 2. The van der Waals surface area contributed by atoms with Crippen LogP contribution in [0, 0.1) is 11.8 Å². The van der Waals surface area contributed by atoms with E-state index in [0.717, 1.165) is 48.3 Å². The van der Waals surface area contributed by atoms with Crippen LogP contribution in [0.2, 0.25) is 0 Å². The van der Waals surface area contributed by atoms with Crippen molar-refractivity contribution in [2.75, 3.05) is 6.61 Å². The second-order valence-electron chi connectivity index (χ2n) is 9.70. The summed E-state index contributed by atoms with van der Waals surface area (Å²) in [4.78, 5) is 9.05. The van der Waals surface area contributed by atoms with Crippen LogP contribution in [0.5, 0.6) is 5.75 Å². The summed E-state index contributed by atoms with van der Waals surface area (Å²) < 4.78 is 6.23. The van der Waals surface area contributed by atoms with Gasteiger partial charge in [0.2, 0.25) is 0 Å². The van der Waals surface area contributed by atoms with Crippen molar-refractivity contribution < 1.29 is 4.74 Å². The molecule has 1 aromatic heterocycles. The predicted octanol–water partition coefficient (Wildman–Crippen LogP) is 8.42. The Bertz CT molecular complexity index is 767. The van der Waals surface area contributed by atoms with E-state index in [2.05, 4.69) is 43.1 Å². The lowest BCUT2D eigenvalue weighted by Crippen LogP contribution is -2.14. The average Bonchev–Trinajstić information content (AvgIpc) is 2.85. The van der Waals surface area contributed by atoms with E-state index in [1.54, 1.807) is 6.33 Å². The predicted molar refractivity (Wildman–Crippen MR) is 135 cm³/mol. The summed E-state index contributed by atoms with van der Waals surface area (Å²) in [5.41, 5.74) is 3.43. The maximum Gasteiger partial charge on any atom is 0.128 e. The molecule has 1 saturated carbocycles. The lowest BCUT2D eigenvalue weighted by atomic mass is 9.78. The Labute approximate surface area is 196 Å². The van der Waals surface area contributed by atoms with Crippen molar-refractivity contribution in [1.82, 2.24) is 9.97 Å². The van der Waals surface area contributed by atoms with Gasteiger partial charge in [-0.15, -0.1) is 0 Å². The molecule has 1 aromatic carbocycles. The Hall–Kier alpha value is -1.90. The SMILES string of the molecule is CCCCCCCCCOc1ccccc1-c1ncncc1CCC1CCC(CC)CC1. The van der Waals surface area contributed by atoms with Gasteiger partial charge in [0.1, 0.15) is 12.1 Å². The van der Waals surface area contributed by atoms with Crippen LogP contribution in [-0.2, 0) is 6.42 Å². The number of hydrogen-bond acceptors (Lipinski definition) is 3. The van der Waals surface area contributed by atoms with Gasteiger partial charge in [-0.3, -0.25) is 0 Å². The molecule has 1 heterocycles. The monoisotopic (exact) mass is 436 g/mol. The van der Waals surface area contributed by atoms with E-state index < -0.39 is 0 Å². The summed E-state index contributed by atoms with van der Waals surface area (Å²) >= 11 is 0. The van der Waals surface area contributed by atoms with E-state index >= 15 is 0 Å². The van der Waals surface area contributed by atoms with E-state index in [4.69, 9.17) is 9.72 Å². The third-order valence-electron chi connectivity index (χ3n) is 7.30. The lowest BCUT2D eigenvalue weighted by Gasteiger charge is -2.27. The van der Waals surface area contributed by atoms with Crippen molar-refractivity contribution in [3.63, 3.8) is 0 Å². The Kier molecular flexibility index (Phi) is 11.0. The summed E-state index contributed by atoms with van der Waals surface area (Å²) in [6.45, 7) is 5.39. The average molecular weight is 437 g/mol. The molecular weight excluding hydrogens is 392 g/mol. The maximum absolute atomic E-state index is 6.23. The van der Waals surface area contributed by atoms with Gasteiger partial charge in [-0.25, -0.2) is 9.97 Å². The molecule has 3 nitrogen and oxygen atoms in total. The minimum atomic E-state index is 0.784. The number of hydrogen-bond donors (Lipinski definition) is 0. The Morgan fingerprint density at radius 3 is 2.38 bits per heavy atom. The lowest BCUT2D eigenvalue weighted by molar-refractivity contribution is 0.259. The quantitative estimate of drug-likeness (QED) is 0.279. The molecule has 3 rings (SSSR count). The zero-order valence-corrected chi connectivity index (χ0v) is 20.5. The highest BCUT2D eigenvalue weighted by atomic mass is 16.5. The van der Waals surface area contributed by atoms with Crippen molar-refractivity contribution in [2.24, 2.45) is 11.8 Å². The van der Waals surface area contributed by atoms with Gasteiger partial charge in [0.15, 0.2) is 0 Å². The van der Waals surface area contributed by atoms with Gasteiger partial charge in [-0.1, -0.05) is 96.6 Å². The molecule has 0 spiro atoms. The first-order valence-corrected chi connectivity index (χ1v) is 13.3. The van der Waals surface area contributed by atoms with Crippen LogP contribution in [0.1, 0.15) is 103 Å². The van der Waals surface area contributed by atoms with Crippen molar-refractivity contribution >= 4 is 0 Å². The summed E-state index contributed by atoms with van der Waals surface area (Å²) in [5, 5.41) is 0. The molecule has 2 aromatic rings. The third-order valence-corrected chi connectivity index (χ3v) is 7.30. The number of rotatable bonds is 14. The minimum Gasteiger partial charge on any atom is -0.493 e. The van der Waals surface area contributed by atoms with Crippen LogP contribution >= 0.6 is 0 Å². The second-order valence-corrected chi connectivity index (χ2v) is 9.70. The van der Waals surface area contributed by atoms with Crippen molar-refractivity contribution in [1.29, 1.82) is 0 Å². The normalized spacial score (nSPS) is 18.6. The molecule has 0 saturated heterocycles. The molecule has 1 fully saturated rings. The first-order chi connectivity index (χ1) is 15.8. The van der Waals surface area contributed by atoms with Crippen molar-refractivity contribution in [2.45, 2.75) is 104 Å². The first-order valence-electron chi connectivity index (χ1n) is 13.3. The number of para-hydroxylation sites is 1.